The van der Waals surface area contributed by atoms with E-state index in [-0.39, 0.29) is 11.4 Å². The van der Waals surface area contributed by atoms with Gasteiger partial charge in [-0.3, -0.25) is 10.1 Å². The van der Waals surface area contributed by atoms with E-state index in [4.69, 9.17) is 4.74 Å². The molecule has 0 aliphatic rings. The van der Waals surface area contributed by atoms with E-state index in [9.17, 15) is 15.2 Å². The lowest BCUT2D eigenvalue weighted by molar-refractivity contribution is -0.385. The number of aromatic hydroxyl groups is 1. The van der Waals surface area contributed by atoms with Gasteiger partial charge in [0.05, 0.1) is 4.92 Å². The molecule has 0 saturated carbocycles. The van der Waals surface area contributed by atoms with Crippen LogP contribution in [-0.2, 0) is 6.61 Å². The third-order valence-corrected chi connectivity index (χ3v) is 3.59. The first kappa shape index (κ1) is 15.6. The quantitative estimate of drug-likeness (QED) is 0.553. The Bertz CT molecular complexity index is 862. The molecule has 0 aromatic heterocycles. The van der Waals surface area contributed by atoms with Crippen LogP contribution in [0.1, 0.15) is 5.56 Å². The normalized spacial score (nSPS) is 10.3. The van der Waals surface area contributed by atoms with Crippen LogP contribution in [0.4, 0.5) is 5.69 Å². The summed E-state index contributed by atoms with van der Waals surface area (Å²) in [5, 5.41) is 20.5. The van der Waals surface area contributed by atoms with Crippen LogP contribution in [0.25, 0.3) is 11.1 Å². The molecular weight excluding hydrogens is 306 g/mol. The second-order valence-electron chi connectivity index (χ2n) is 5.26. The van der Waals surface area contributed by atoms with E-state index in [0.717, 1.165) is 11.1 Å². The minimum absolute atomic E-state index is 0.317. The predicted molar refractivity (Wildman–Crippen MR) is 91.0 cm³/mol. The standard InChI is InChI=1S/C19H15NO4/c21-19-10-9-16(12-18(19)20(22)23)15-7-4-8-17(11-15)24-13-14-5-2-1-3-6-14/h1-12,21H,13H2. The maximum absolute atomic E-state index is 11.0. The Kier molecular flexibility index (Phi) is 4.43. The van der Waals surface area contributed by atoms with Crippen LogP contribution >= 0.6 is 0 Å². The zero-order valence-corrected chi connectivity index (χ0v) is 12.8. The molecule has 0 aliphatic carbocycles. The van der Waals surface area contributed by atoms with Gasteiger partial charge in [0.2, 0.25) is 0 Å². The van der Waals surface area contributed by atoms with E-state index in [1.54, 1.807) is 6.07 Å². The van der Waals surface area contributed by atoms with Crippen molar-refractivity contribution in [2.24, 2.45) is 0 Å². The van der Waals surface area contributed by atoms with Crippen molar-refractivity contribution in [2.45, 2.75) is 6.61 Å². The largest absolute Gasteiger partial charge is 0.502 e. The topological polar surface area (TPSA) is 72.6 Å². The lowest BCUT2D eigenvalue weighted by Gasteiger charge is -2.09. The summed E-state index contributed by atoms with van der Waals surface area (Å²) in [6.07, 6.45) is 0. The summed E-state index contributed by atoms with van der Waals surface area (Å²) in [6.45, 7) is 0.444. The summed E-state index contributed by atoms with van der Waals surface area (Å²) in [5.41, 5.74) is 2.17. The van der Waals surface area contributed by atoms with E-state index in [1.165, 1.54) is 12.1 Å². The fourth-order valence-corrected chi connectivity index (χ4v) is 2.36. The molecular formula is C19H15NO4. The lowest BCUT2D eigenvalue weighted by Crippen LogP contribution is -1.95. The van der Waals surface area contributed by atoms with Crippen molar-refractivity contribution in [3.8, 4) is 22.6 Å². The third-order valence-electron chi connectivity index (χ3n) is 3.59. The first-order valence-electron chi connectivity index (χ1n) is 7.38. The van der Waals surface area contributed by atoms with Gasteiger partial charge >= 0.3 is 5.69 Å². The van der Waals surface area contributed by atoms with Crippen molar-refractivity contribution in [2.75, 3.05) is 0 Å². The van der Waals surface area contributed by atoms with Crippen LogP contribution in [0.5, 0.6) is 11.5 Å². The molecule has 0 radical (unpaired) electrons. The molecule has 24 heavy (non-hydrogen) atoms. The number of rotatable bonds is 5. The van der Waals surface area contributed by atoms with Gasteiger partial charge in [-0.05, 0) is 34.9 Å². The summed E-state index contributed by atoms with van der Waals surface area (Å²) in [7, 11) is 0. The molecule has 0 unspecified atom stereocenters. The van der Waals surface area contributed by atoms with Gasteiger partial charge < -0.3 is 9.84 Å². The van der Waals surface area contributed by atoms with Crippen molar-refractivity contribution >= 4 is 5.69 Å². The zero-order chi connectivity index (χ0) is 16.9. The number of hydrogen-bond acceptors (Lipinski definition) is 4. The van der Waals surface area contributed by atoms with Gasteiger partial charge in [-0.25, -0.2) is 0 Å². The van der Waals surface area contributed by atoms with Crippen LogP contribution in [0, 0.1) is 10.1 Å². The number of benzene rings is 3. The molecule has 0 spiro atoms. The molecule has 0 aliphatic heterocycles. The maximum Gasteiger partial charge on any atom is 0.311 e. The highest BCUT2D eigenvalue weighted by atomic mass is 16.6. The Balaban J connectivity index is 1.83. The fourth-order valence-electron chi connectivity index (χ4n) is 2.36. The number of nitrogens with zero attached hydrogens (tertiary/aromatic N) is 1. The lowest BCUT2D eigenvalue weighted by atomic mass is 10.0. The summed E-state index contributed by atoms with van der Waals surface area (Å²) in [5.74, 6) is 0.326. The molecule has 5 nitrogen and oxygen atoms in total. The van der Waals surface area contributed by atoms with Crippen LogP contribution in [0.3, 0.4) is 0 Å². The SMILES string of the molecule is O=[N+]([O-])c1cc(-c2cccc(OCc3ccccc3)c2)ccc1O. The summed E-state index contributed by atoms with van der Waals surface area (Å²) >= 11 is 0. The Hall–Kier alpha value is -3.34. The molecule has 3 aromatic rings. The van der Waals surface area contributed by atoms with Crippen LogP contribution in [0.2, 0.25) is 0 Å². The second kappa shape index (κ2) is 6.83. The number of nitro groups is 1. The van der Waals surface area contributed by atoms with Crippen molar-refractivity contribution in [3.05, 3.63) is 88.5 Å². The van der Waals surface area contributed by atoms with E-state index >= 15 is 0 Å². The molecule has 0 fully saturated rings. The maximum atomic E-state index is 11.0. The van der Waals surface area contributed by atoms with E-state index in [1.807, 2.05) is 54.6 Å². The Labute approximate surface area is 138 Å². The van der Waals surface area contributed by atoms with Crippen LogP contribution in [-0.4, -0.2) is 10.0 Å². The molecule has 5 heteroatoms. The highest BCUT2D eigenvalue weighted by molar-refractivity contribution is 5.69. The second-order valence-corrected chi connectivity index (χ2v) is 5.26. The minimum atomic E-state index is -0.603. The number of ether oxygens (including phenoxy) is 1. The van der Waals surface area contributed by atoms with Gasteiger partial charge in [-0.15, -0.1) is 0 Å². The Morgan fingerprint density at radius 3 is 2.42 bits per heavy atom. The minimum Gasteiger partial charge on any atom is -0.502 e. The number of phenolic OH excluding ortho intramolecular Hbond substituents is 1. The molecule has 0 bridgehead atoms. The van der Waals surface area contributed by atoms with Crippen LogP contribution < -0.4 is 4.74 Å². The van der Waals surface area contributed by atoms with Crippen LogP contribution in [0.15, 0.2) is 72.8 Å². The van der Waals surface area contributed by atoms with Crippen molar-refractivity contribution in [1.29, 1.82) is 0 Å². The molecule has 3 aromatic carbocycles. The van der Waals surface area contributed by atoms with Gasteiger partial charge in [0.15, 0.2) is 5.75 Å². The molecule has 3 rings (SSSR count). The molecule has 120 valence electrons. The monoisotopic (exact) mass is 321 g/mol. The molecule has 0 atom stereocenters. The average Bonchev–Trinajstić information content (AvgIpc) is 2.61. The summed E-state index contributed by atoms with van der Waals surface area (Å²) in [4.78, 5) is 10.3. The van der Waals surface area contributed by atoms with Gasteiger partial charge in [-0.2, -0.15) is 0 Å². The van der Waals surface area contributed by atoms with Crippen molar-refractivity contribution in [3.63, 3.8) is 0 Å². The highest BCUT2D eigenvalue weighted by Crippen LogP contribution is 2.32. The summed E-state index contributed by atoms with van der Waals surface area (Å²) in [6, 6.07) is 21.4. The first-order chi connectivity index (χ1) is 11.6. The van der Waals surface area contributed by atoms with Gasteiger partial charge in [-0.1, -0.05) is 48.5 Å². The third kappa shape index (κ3) is 3.52. The Morgan fingerprint density at radius 1 is 0.917 bits per heavy atom. The van der Waals surface area contributed by atoms with Gasteiger partial charge in [0.25, 0.3) is 0 Å². The number of phenols is 1. The molecule has 0 amide bonds. The molecule has 0 saturated heterocycles. The first-order valence-corrected chi connectivity index (χ1v) is 7.38. The highest BCUT2D eigenvalue weighted by Gasteiger charge is 2.14. The smallest absolute Gasteiger partial charge is 0.311 e. The van der Waals surface area contributed by atoms with Gasteiger partial charge in [0.1, 0.15) is 12.4 Å². The fraction of sp³-hybridized carbons (Fsp3) is 0.0526. The number of nitro benzene ring substituents is 1. The van der Waals surface area contributed by atoms with E-state index in [0.29, 0.717) is 17.9 Å². The average molecular weight is 321 g/mol. The van der Waals surface area contributed by atoms with Crippen molar-refractivity contribution < 1.29 is 14.8 Å². The zero-order valence-electron chi connectivity index (χ0n) is 12.8. The summed E-state index contributed by atoms with van der Waals surface area (Å²) < 4.78 is 5.77. The van der Waals surface area contributed by atoms with E-state index < -0.39 is 4.92 Å². The molecule has 1 N–H and O–H groups in total. The number of hydrogen-bond donors (Lipinski definition) is 1. The Morgan fingerprint density at radius 2 is 1.67 bits per heavy atom. The molecule has 0 heterocycles. The van der Waals surface area contributed by atoms with Gasteiger partial charge in [0, 0.05) is 6.07 Å². The van der Waals surface area contributed by atoms with E-state index in [2.05, 4.69) is 0 Å². The predicted octanol–water partition coefficient (Wildman–Crippen LogP) is 4.55. The van der Waals surface area contributed by atoms with Crippen molar-refractivity contribution in [1.82, 2.24) is 0 Å².